The van der Waals surface area contributed by atoms with Gasteiger partial charge in [-0.1, -0.05) is 44.2 Å². The van der Waals surface area contributed by atoms with E-state index < -0.39 is 17.9 Å². The van der Waals surface area contributed by atoms with Crippen molar-refractivity contribution in [2.45, 2.75) is 72.3 Å². The third-order valence-corrected chi connectivity index (χ3v) is 6.55. The first-order chi connectivity index (χ1) is 17.0. The van der Waals surface area contributed by atoms with Crippen LogP contribution in [0, 0.1) is 17.8 Å². The summed E-state index contributed by atoms with van der Waals surface area (Å²) in [7, 11) is 0. The largest absolute Gasteiger partial charge is 0.355 e. The third-order valence-electron chi connectivity index (χ3n) is 5.91. The van der Waals surface area contributed by atoms with E-state index in [9.17, 15) is 24.0 Å². The van der Waals surface area contributed by atoms with Crippen LogP contribution in [0.1, 0.15) is 65.4 Å². The van der Waals surface area contributed by atoms with Gasteiger partial charge in [-0.3, -0.25) is 19.2 Å². The molecule has 3 unspecified atom stereocenters. The molecule has 0 radical (unpaired) electrons. The quantitative estimate of drug-likeness (QED) is 0.306. The Labute approximate surface area is 219 Å². The van der Waals surface area contributed by atoms with E-state index in [1.54, 1.807) is 11.8 Å². The SMILES string of the molecule is CSCCC(CC(C)=O)C(=O)NC(CC(C)C)C(=O)CC(Cc1ccccc1)C(=O)NCCC(C)=O. The van der Waals surface area contributed by atoms with Crippen molar-refractivity contribution in [3.05, 3.63) is 35.9 Å². The molecule has 0 spiro atoms. The molecule has 1 rings (SSSR count). The molecule has 36 heavy (non-hydrogen) atoms. The number of benzene rings is 1. The molecule has 0 aromatic heterocycles. The maximum atomic E-state index is 13.4. The van der Waals surface area contributed by atoms with E-state index in [0.29, 0.717) is 19.3 Å². The second-order valence-corrected chi connectivity index (χ2v) is 10.9. The summed E-state index contributed by atoms with van der Waals surface area (Å²) in [6.07, 6.45) is 3.68. The normalized spacial score (nSPS) is 13.5. The Kier molecular flexibility index (Phi) is 14.9. The molecule has 0 aliphatic heterocycles. The van der Waals surface area contributed by atoms with Crippen LogP contribution in [0.15, 0.2) is 30.3 Å². The van der Waals surface area contributed by atoms with E-state index in [2.05, 4.69) is 10.6 Å². The van der Waals surface area contributed by atoms with E-state index >= 15 is 0 Å². The standard InChI is InChI=1S/C28H42N2O5S/c1-19(2)15-25(30-28(35)23(12-14-36-5)16-21(4)32)26(33)18-24(17-22-9-7-6-8-10-22)27(34)29-13-11-20(3)31/h6-10,19,23-25H,11-18H2,1-5H3,(H,29,34)(H,30,35). The number of thioether (sulfide) groups is 1. The van der Waals surface area contributed by atoms with Gasteiger partial charge in [-0.25, -0.2) is 0 Å². The van der Waals surface area contributed by atoms with Gasteiger partial charge in [0.2, 0.25) is 11.8 Å². The second-order valence-electron chi connectivity index (χ2n) is 9.88. The Balaban J connectivity index is 3.03. The van der Waals surface area contributed by atoms with Gasteiger partial charge in [-0.05, 0) is 56.6 Å². The van der Waals surface area contributed by atoms with Crippen LogP contribution >= 0.6 is 11.8 Å². The molecular formula is C28H42N2O5S. The first-order valence-electron chi connectivity index (χ1n) is 12.7. The number of hydrogen-bond acceptors (Lipinski definition) is 6. The van der Waals surface area contributed by atoms with E-state index in [1.807, 2.05) is 50.4 Å². The molecule has 0 aliphatic carbocycles. The molecule has 1 aromatic carbocycles. The highest BCUT2D eigenvalue weighted by Gasteiger charge is 2.30. The van der Waals surface area contributed by atoms with Gasteiger partial charge < -0.3 is 15.4 Å². The van der Waals surface area contributed by atoms with Gasteiger partial charge in [0.05, 0.1) is 6.04 Å². The molecule has 0 bridgehead atoms. The van der Waals surface area contributed by atoms with Gasteiger partial charge in [-0.15, -0.1) is 0 Å². The van der Waals surface area contributed by atoms with Crippen molar-refractivity contribution in [1.82, 2.24) is 10.6 Å². The number of carbonyl (C=O) groups is 5. The number of amides is 2. The first-order valence-corrected chi connectivity index (χ1v) is 14.0. The van der Waals surface area contributed by atoms with E-state index in [0.717, 1.165) is 11.3 Å². The van der Waals surface area contributed by atoms with Gasteiger partial charge in [-0.2, -0.15) is 11.8 Å². The highest BCUT2D eigenvalue weighted by molar-refractivity contribution is 7.98. The number of ketones is 3. The summed E-state index contributed by atoms with van der Waals surface area (Å²) < 4.78 is 0. The third kappa shape index (κ3) is 13.0. The number of rotatable bonds is 18. The minimum Gasteiger partial charge on any atom is -0.355 e. The zero-order valence-corrected chi connectivity index (χ0v) is 23.1. The number of Topliss-reactive ketones (excluding diaryl/α,β-unsaturated/α-hetero) is 3. The van der Waals surface area contributed by atoms with E-state index in [-0.39, 0.29) is 60.9 Å². The molecule has 8 heteroatoms. The van der Waals surface area contributed by atoms with Gasteiger partial charge in [0.1, 0.15) is 11.6 Å². The predicted molar refractivity (Wildman–Crippen MR) is 145 cm³/mol. The number of nitrogens with one attached hydrogen (secondary N) is 2. The van der Waals surface area contributed by atoms with Crippen molar-refractivity contribution in [2.24, 2.45) is 17.8 Å². The van der Waals surface area contributed by atoms with Crippen molar-refractivity contribution >= 4 is 40.9 Å². The van der Waals surface area contributed by atoms with Gasteiger partial charge in [0, 0.05) is 37.6 Å². The topological polar surface area (TPSA) is 109 Å². The van der Waals surface area contributed by atoms with Crippen molar-refractivity contribution in [3.8, 4) is 0 Å². The fraction of sp³-hybridized carbons (Fsp3) is 0.607. The van der Waals surface area contributed by atoms with Crippen LogP contribution in [0.5, 0.6) is 0 Å². The zero-order valence-electron chi connectivity index (χ0n) is 22.3. The highest BCUT2D eigenvalue weighted by Crippen LogP contribution is 2.19. The molecule has 1 aromatic rings. The second kappa shape index (κ2) is 17.1. The lowest BCUT2D eigenvalue weighted by Gasteiger charge is -2.25. The van der Waals surface area contributed by atoms with Gasteiger partial charge in [0.25, 0.3) is 0 Å². The molecule has 0 heterocycles. The van der Waals surface area contributed by atoms with Crippen molar-refractivity contribution in [3.63, 3.8) is 0 Å². The Hall–Kier alpha value is -2.48. The van der Waals surface area contributed by atoms with Gasteiger partial charge in [0.15, 0.2) is 5.78 Å². The molecule has 2 amide bonds. The van der Waals surface area contributed by atoms with Crippen LogP contribution in [-0.4, -0.2) is 53.8 Å². The number of carbonyl (C=O) groups excluding carboxylic acids is 5. The Bertz CT molecular complexity index is 872. The fourth-order valence-electron chi connectivity index (χ4n) is 4.01. The lowest BCUT2D eigenvalue weighted by atomic mass is 9.88. The molecule has 0 saturated heterocycles. The van der Waals surface area contributed by atoms with Crippen LogP contribution in [-0.2, 0) is 30.4 Å². The fourth-order valence-corrected chi connectivity index (χ4v) is 4.53. The van der Waals surface area contributed by atoms with Crippen LogP contribution < -0.4 is 10.6 Å². The average molecular weight is 519 g/mol. The average Bonchev–Trinajstić information content (AvgIpc) is 2.80. The molecule has 0 fully saturated rings. The van der Waals surface area contributed by atoms with E-state index in [4.69, 9.17) is 0 Å². The van der Waals surface area contributed by atoms with Crippen molar-refractivity contribution < 1.29 is 24.0 Å². The van der Waals surface area contributed by atoms with E-state index in [1.165, 1.54) is 13.8 Å². The summed E-state index contributed by atoms with van der Waals surface area (Å²) in [5.74, 6) is -1.06. The summed E-state index contributed by atoms with van der Waals surface area (Å²) >= 11 is 1.61. The molecule has 0 saturated carbocycles. The monoisotopic (exact) mass is 518 g/mol. The smallest absolute Gasteiger partial charge is 0.224 e. The Morgan fingerprint density at radius 1 is 0.889 bits per heavy atom. The first kappa shape index (κ1) is 31.5. The maximum Gasteiger partial charge on any atom is 0.224 e. The van der Waals surface area contributed by atoms with Gasteiger partial charge >= 0.3 is 0 Å². The summed E-state index contributed by atoms with van der Waals surface area (Å²) in [5, 5.41) is 5.69. The highest BCUT2D eigenvalue weighted by atomic mass is 32.2. The molecule has 3 atom stereocenters. The zero-order chi connectivity index (χ0) is 27.1. The lowest BCUT2D eigenvalue weighted by molar-refractivity contribution is -0.134. The molecular weight excluding hydrogens is 476 g/mol. The summed E-state index contributed by atoms with van der Waals surface area (Å²) in [5.41, 5.74) is 0.931. The Morgan fingerprint density at radius 2 is 1.56 bits per heavy atom. The predicted octanol–water partition coefficient (Wildman–Crippen LogP) is 3.78. The number of hydrogen-bond donors (Lipinski definition) is 2. The summed E-state index contributed by atoms with van der Waals surface area (Å²) in [6, 6.07) is 8.74. The summed E-state index contributed by atoms with van der Waals surface area (Å²) in [4.78, 5) is 62.5. The Morgan fingerprint density at radius 3 is 2.11 bits per heavy atom. The van der Waals surface area contributed by atoms with Crippen LogP contribution in [0.3, 0.4) is 0 Å². The van der Waals surface area contributed by atoms with Crippen molar-refractivity contribution in [1.29, 1.82) is 0 Å². The molecule has 7 nitrogen and oxygen atoms in total. The van der Waals surface area contributed by atoms with Crippen LogP contribution in [0.2, 0.25) is 0 Å². The van der Waals surface area contributed by atoms with Crippen LogP contribution in [0.25, 0.3) is 0 Å². The lowest BCUT2D eigenvalue weighted by Crippen LogP contribution is -2.46. The minimum atomic E-state index is -0.732. The molecule has 0 aliphatic rings. The maximum absolute atomic E-state index is 13.4. The van der Waals surface area contributed by atoms with Crippen molar-refractivity contribution in [2.75, 3.05) is 18.6 Å². The van der Waals surface area contributed by atoms with Crippen LogP contribution in [0.4, 0.5) is 0 Å². The summed E-state index contributed by atoms with van der Waals surface area (Å²) in [6.45, 7) is 7.11. The molecule has 2 N–H and O–H groups in total. The minimum absolute atomic E-state index is 0.0210. The molecule has 200 valence electrons.